The predicted molar refractivity (Wildman–Crippen MR) is 116 cm³/mol. The van der Waals surface area contributed by atoms with Gasteiger partial charge in [-0.3, -0.25) is 14.7 Å². The van der Waals surface area contributed by atoms with E-state index in [-0.39, 0.29) is 24.1 Å². The molecule has 0 saturated heterocycles. The van der Waals surface area contributed by atoms with E-state index in [9.17, 15) is 9.59 Å². The third-order valence-electron chi connectivity index (χ3n) is 4.07. The predicted octanol–water partition coefficient (Wildman–Crippen LogP) is 3.44. The summed E-state index contributed by atoms with van der Waals surface area (Å²) >= 11 is 7.12. The number of anilines is 1. The molecule has 8 nitrogen and oxygen atoms in total. The Morgan fingerprint density at radius 3 is 2.67 bits per heavy atom. The number of nitrogens with zero attached hydrogens (tertiary/aromatic N) is 2. The third-order valence-corrected chi connectivity index (χ3v) is 5.16. The lowest BCUT2D eigenvalue weighted by molar-refractivity contribution is -0.113. The first-order chi connectivity index (χ1) is 14.4. The molecule has 0 aliphatic carbocycles. The number of carbonyl (C=O) groups is 2. The molecule has 2 amide bonds. The van der Waals surface area contributed by atoms with Gasteiger partial charge in [0.15, 0.2) is 0 Å². The molecule has 3 N–H and O–H groups in total. The molecular formula is C20H20ClN5O3S. The van der Waals surface area contributed by atoms with Crippen molar-refractivity contribution in [2.75, 3.05) is 18.2 Å². The summed E-state index contributed by atoms with van der Waals surface area (Å²) in [6.07, 6.45) is 0. The third kappa shape index (κ3) is 5.98. The molecule has 0 unspecified atom stereocenters. The first-order valence-electron chi connectivity index (χ1n) is 8.97. The van der Waals surface area contributed by atoms with E-state index in [1.165, 1.54) is 11.8 Å². The first-order valence-corrected chi connectivity index (χ1v) is 10.3. The number of aryl methyl sites for hydroxylation is 1. The number of methoxy groups -OCH3 is 1. The highest BCUT2D eigenvalue weighted by Crippen LogP contribution is 2.20. The lowest BCUT2D eigenvalue weighted by Crippen LogP contribution is -2.23. The van der Waals surface area contributed by atoms with Gasteiger partial charge in [0, 0.05) is 16.3 Å². The van der Waals surface area contributed by atoms with E-state index in [0.717, 1.165) is 5.56 Å². The zero-order valence-corrected chi connectivity index (χ0v) is 17.9. The van der Waals surface area contributed by atoms with Crippen LogP contribution < -0.4 is 15.4 Å². The fourth-order valence-electron chi connectivity index (χ4n) is 2.51. The number of halogens is 1. The number of rotatable bonds is 8. The van der Waals surface area contributed by atoms with Crippen molar-refractivity contribution >= 4 is 40.9 Å². The Labute approximate surface area is 182 Å². The first kappa shape index (κ1) is 21.7. The van der Waals surface area contributed by atoms with Crippen molar-refractivity contribution in [3.05, 3.63) is 64.4 Å². The van der Waals surface area contributed by atoms with E-state index in [4.69, 9.17) is 16.3 Å². The van der Waals surface area contributed by atoms with E-state index in [1.807, 2.05) is 6.92 Å². The Bertz CT molecular complexity index is 1040. The fraction of sp³-hybridized carbons (Fsp3) is 0.200. The van der Waals surface area contributed by atoms with Crippen molar-refractivity contribution in [3.63, 3.8) is 0 Å². The number of thioether (sulfide) groups is 1. The number of aromatic nitrogens is 3. The molecular weight excluding hydrogens is 426 g/mol. The van der Waals surface area contributed by atoms with E-state index in [0.29, 0.717) is 33.0 Å². The van der Waals surface area contributed by atoms with E-state index in [2.05, 4.69) is 25.8 Å². The molecule has 0 atom stereocenters. The summed E-state index contributed by atoms with van der Waals surface area (Å²) in [4.78, 5) is 28.6. The van der Waals surface area contributed by atoms with Crippen molar-refractivity contribution in [3.8, 4) is 5.75 Å². The molecule has 0 spiro atoms. The van der Waals surface area contributed by atoms with E-state index in [1.54, 1.807) is 49.6 Å². The highest BCUT2D eigenvalue weighted by atomic mass is 35.5. The van der Waals surface area contributed by atoms with Gasteiger partial charge >= 0.3 is 0 Å². The Balaban J connectivity index is 1.46. The summed E-state index contributed by atoms with van der Waals surface area (Å²) in [5, 5.41) is 13.4. The van der Waals surface area contributed by atoms with Crippen LogP contribution in [0.3, 0.4) is 0 Å². The van der Waals surface area contributed by atoms with Gasteiger partial charge in [0.05, 0.1) is 19.4 Å². The van der Waals surface area contributed by atoms with Crippen LogP contribution in [0, 0.1) is 6.92 Å². The van der Waals surface area contributed by atoms with Gasteiger partial charge in [0.25, 0.3) is 5.91 Å². The smallest absolute Gasteiger partial charge is 0.251 e. The number of aromatic amines is 1. The fourth-order valence-corrected chi connectivity index (χ4v) is 3.36. The largest absolute Gasteiger partial charge is 0.497 e. The van der Waals surface area contributed by atoms with Gasteiger partial charge in [-0.1, -0.05) is 23.4 Å². The summed E-state index contributed by atoms with van der Waals surface area (Å²) in [5.74, 6) is 0.912. The summed E-state index contributed by atoms with van der Waals surface area (Å²) in [7, 11) is 1.57. The topological polar surface area (TPSA) is 109 Å². The maximum absolute atomic E-state index is 12.2. The lowest BCUT2D eigenvalue weighted by atomic mass is 10.2. The molecule has 2 aromatic carbocycles. The Kier molecular flexibility index (Phi) is 7.31. The minimum Gasteiger partial charge on any atom is -0.497 e. The molecule has 3 aromatic rings. The molecule has 1 heterocycles. The normalized spacial score (nSPS) is 10.5. The van der Waals surface area contributed by atoms with Crippen LogP contribution in [0.4, 0.5) is 5.69 Å². The van der Waals surface area contributed by atoms with Crippen LogP contribution in [0.1, 0.15) is 21.7 Å². The zero-order chi connectivity index (χ0) is 21.5. The number of amides is 2. The van der Waals surface area contributed by atoms with Gasteiger partial charge in [-0.15, -0.1) is 5.10 Å². The van der Waals surface area contributed by atoms with Crippen molar-refractivity contribution in [2.24, 2.45) is 0 Å². The minimum absolute atomic E-state index is 0.150. The molecule has 0 radical (unpaired) electrons. The summed E-state index contributed by atoms with van der Waals surface area (Å²) < 4.78 is 5.07. The Hall–Kier alpha value is -3.04. The lowest BCUT2D eigenvalue weighted by Gasteiger charge is -2.07. The average molecular weight is 446 g/mol. The maximum atomic E-state index is 12.2. The van der Waals surface area contributed by atoms with Crippen LogP contribution >= 0.6 is 23.4 Å². The minimum atomic E-state index is -0.235. The van der Waals surface area contributed by atoms with Crippen molar-refractivity contribution in [1.82, 2.24) is 20.5 Å². The summed E-state index contributed by atoms with van der Waals surface area (Å²) in [6, 6.07) is 12.1. The van der Waals surface area contributed by atoms with E-state index >= 15 is 0 Å². The van der Waals surface area contributed by atoms with Crippen molar-refractivity contribution in [2.45, 2.75) is 18.6 Å². The molecule has 0 aliphatic rings. The second-order valence-electron chi connectivity index (χ2n) is 6.27. The van der Waals surface area contributed by atoms with Gasteiger partial charge < -0.3 is 15.4 Å². The Morgan fingerprint density at radius 2 is 1.97 bits per heavy atom. The highest BCUT2D eigenvalue weighted by Gasteiger charge is 2.11. The van der Waals surface area contributed by atoms with Crippen LogP contribution in [0.15, 0.2) is 47.6 Å². The molecule has 0 bridgehead atoms. The van der Waals surface area contributed by atoms with Gasteiger partial charge in [-0.2, -0.15) is 0 Å². The Morgan fingerprint density at radius 1 is 1.20 bits per heavy atom. The summed E-state index contributed by atoms with van der Waals surface area (Å²) in [6.45, 7) is 2.06. The molecule has 30 heavy (non-hydrogen) atoms. The van der Waals surface area contributed by atoms with Crippen LogP contribution in [-0.4, -0.2) is 39.9 Å². The van der Waals surface area contributed by atoms with Gasteiger partial charge in [0.1, 0.15) is 11.6 Å². The molecule has 0 saturated carbocycles. The average Bonchev–Trinajstić information content (AvgIpc) is 3.20. The number of benzene rings is 2. The van der Waals surface area contributed by atoms with E-state index < -0.39 is 0 Å². The van der Waals surface area contributed by atoms with Crippen molar-refractivity contribution in [1.29, 1.82) is 0 Å². The number of nitrogens with one attached hydrogen (secondary N) is 3. The monoisotopic (exact) mass is 445 g/mol. The number of hydrogen-bond acceptors (Lipinski definition) is 6. The van der Waals surface area contributed by atoms with Crippen molar-refractivity contribution < 1.29 is 14.3 Å². The SMILES string of the molecule is COc1ccc(C(=O)NCc2nc(SCC(=O)Nc3ccc(Cl)cc3C)n[nH]2)cc1. The van der Waals surface area contributed by atoms with Crippen LogP contribution in [0.25, 0.3) is 0 Å². The van der Waals surface area contributed by atoms with Gasteiger partial charge in [-0.25, -0.2) is 4.98 Å². The molecule has 156 valence electrons. The second kappa shape index (κ2) is 10.1. The maximum Gasteiger partial charge on any atom is 0.251 e. The quantitative estimate of drug-likeness (QED) is 0.458. The number of hydrogen-bond donors (Lipinski definition) is 3. The second-order valence-corrected chi connectivity index (χ2v) is 7.65. The molecule has 0 fully saturated rings. The van der Waals surface area contributed by atoms with Crippen LogP contribution in [0.2, 0.25) is 5.02 Å². The molecule has 0 aliphatic heterocycles. The van der Waals surface area contributed by atoms with Crippen LogP contribution in [-0.2, 0) is 11.3 Å². The molecule has 10 heteroatoms. The van der Waals surface area contributed by atoms with Crippen LogP contribution in [0.5, 0.6) is 5.75 Å². The zero-order valence-electron chi connectivity index (χ0n) is 16.4. The number of carbonyl (C=O) groups excluding carboxylic acids is 2. The summed E-state index contributed by atoms with van der Waals surface area (Å²) in [5.41, 5.74) is 2.11. The number of H-pyrrole nitrogens is 1. The molecule has 3 rings (SSSR count). The standard InChI is InChI=1S/C20H20ClN5O3S/c1-12-9-14(21)5-8-16(12)23-18(27)11-30-20-24-17(25-26-20)10-22-19(28)13-3-6-15(29-2)7-4-13/h3-9H,10-11H2,1-2H3,(H,22,28)(H,23,27)(H,24,25,26). The van der Waals surface area contributed by atoms with Gasteiger partial charge in [0.2, 0.25) is 11.1 Å². The number of ether oxygens (including phenoxy) is 1. The molecule has 1 aromatic heterocycles. The van der Waals surface area contributed by atoms with Gasteiger partial charge in [-0.05, 0) is 55.0 Å². The highest BCUT2D eigenvalue weighted by molar-refractivity contribution is 7.99.